The molecule has 7 heteroatoms. The molecule has 2 aliphatic heterocycles. The van der Waals surface area contributed by atoms with Crippen molar-refractivity contribution in [1.82, 2.24) is 24.3 Å². The predicted molar refractivity (Wildman–Crippen MR) is 99.8 cm³/mol. The second-order valence-corrected chi connectivity index (χ2v) is 7.73. The lowest BCUT2D eigenvalue weighted by Gasteiger charge is -2.33. The molecule has 0 N–H and O–H groups in total. The van der Waals surface area contributed by atoms with Gasteiger partial charge in [-0.3, -0.25) is 9.59 Å². The molecule has 0 bridgehead atoms. The normalized spacial score (nSPS) is 21.0. The fourth-order valence-corrected chi connectivity index (χ4v) is 3.98. The van der Waals surface area contributed by atoms with Crippen molar-refractivity contribution < 1.29 is 9.59 Å². The van der Waals surface area contributed by atoms with Crippen molar-refractivity contribution in [2.24, 2.45) is 0 Å². The van der Waals surface area contributed by atoms with Crippen LogP contribution in [0.2, 0.25) is 0 Å². The van der Waals surface area contributed by atoms with E-state index in [2.05, 4.69) is 34.7 Å². The van der Waals surface area contributed by atoms with Crippen LogP contribution in [0.5, 0.6) is 0 Å². The molecular weight excluding hydrogens is 330 g/mol. The summed E-state index contributed by atoms with van der Waals surface area (Å²) in [5, 5.41) is 0. The molecule has 3 heterocycles. The predicted octanol–water partition coefficient (Wildman–Crippen LogP) is 1.16. The van der Waals surface area contributed by atoms with E-state index in [1.165, 1.54) is 0 Å². The summed E-state index contributed by atoms with van der Waals surface area (Å²) in [5.41, 5.74) is 0. The molecule has 2 aliphatic rings. The maximum Gasteiger partial charge on any atom is 0.242 e. The molecule has 0 aliphatic carbocycles. The van der Waals surface area contributed by atoms with Crippen LogP contribution >= 0.6 is 0 Å². The number of hydrogen-bond donors (Lipinski definition) is 0. The Morgan fingerprint density at radius 2 is 2.15 bits per heavy atom. The quantitative estimate of drug-likeness (QED) is 0.731. The van der Waals surface area contributed by atoms with Crippen LogP contribution in [-0.4, -0.2) is 82.9 Å². The van der Waals surface area contributed by atoms with Gasteiger partial charge in [0.1, 0.15) is 5.82 Å². The molecule has 1 atom stereocenters. The monoisotopic (exact) mass is 361 g/mol. The first-order chi connectivity index (χ1) is 12.5. The minimum atomic E-state index is 0.0793. The van der Waals surface area contributed by atoms with E-state index in [4.69, 9.17) is 0 Å². The molecule has 1 aromatic heterocycles. The number of imidazole rings is 1. The van der Waals surface area contributed by atoms with E-state index in [1.807, 2.05) is 11.1 Å². The van der Waals surface area contributed by atoms with Crippen LogP contribution < -0.4 is 0 Å². The summed E-state index contributed by atoms with van der Waals surface area (Å²) in [7, 11) is 4.18. The fraction of sp³-hybridized carbons (Fsp3) is 0.737. The van der Waals surface area contributed by atoms with Crippen molar-refractivity contribution in [2.75, 3.05) is 46.8 Å². The van der Waals surface area contributed by atoms with Gasteiger partial charge in [-0.05, 0) is 46.3 Å². The lowest BCUT2D eigenvalue weighted by molar-refractivity contribution is -0.139. The minimum Gasteiger partial charge on any atom is -0.340 e. The van der Waals surface area contributed by atoms with E-state index >= 15 is 0 Å². The zero-order valence-electron chi connectivity index (χ0n) is 16.1. The zero-order valence-corrected chi connectivity index (χ0v) is 16.1. The smallest absolute Gasteiger partial charge is 0.242 e. The highest BCUT2D eigenvalue weighted by Crippen LogP contribution is 2.26. The van der Waals surface area contributed by atoms with Gasteiger partial charge in [-0.2, -0.15) is 0 Å². The van der Waals surface area contributed by atoms with Crippen LogP contribution in [0.25, 0.3) is 0 Å². The van der Waals surface area contributed by atoms with Gasteiger partial charge >= 0.3 is 0 Å². The number of aromatic nitrogens is 2. The number of likely N-dealkylation sites (tertiary alicyclic amines) is 2. The number of piperidine rings is 1. The lowest BCUT2D eigenvalue weighted by atomic mass is 9.97. The maximum atomic E-state index is 12.6. The van der Waals surface area contributed by atoms with Gasteiger partial charge in [0.2, 0.25) is 11.8 Å². The van der Waals surface area contributed by atoms with Crippen LogP contribution in [0.3, 0.4) is 0 Å². The van der Waals surface area contributed by atoms with Crippen LogP contribution in [0.4, 0.5) is 0 Å². The summed E-state index contributed by atoms with van der Waals surface area (Å²) < 4.78 is 2.24. The Labute approximate surface area is 156 Å². The summed E-state index contributed by atoms with van der Waals surface area (Å²) in [6.07, 6.45) is 8.53. The third kappa shape index (κ3) is 4.63. The summed E-state index contributed by atoms with van der Waals surface area (Å²) in [6.45, 7) is 4.47. The number of rotatable bonds is 7. The highest BCUT2D eigenvalue weighted by Gasteiger charge is 2.30. The van der Waals surface area contributed by atoms with Crippen LogP contribution in [-0.2, 0) is 16.1 Å². The van der Waals surface area contributed by atoms with Gasteiger partial charge in [0.15, 0.2) is 0 Å². The Hall–Kier alpha value is -1.89. The lowest BCUT2D eigenvalue weighted by Crippen LogP contribution is -2.45. The Bertz CT molecular complexity index is 627. The van der Waals surface area contributed by atoms with Gasteiger partial charge in [0.05, 0.1) is 6.54 Å². The number of aryl methyl sites for hydroxylation is 1. The van der Waals surface area contributed by atoms with Gasteiger partial charge in [-0.15, -0.1) is 0 Å². The van der Waals surface area contributed by atoms with E-state index in [0.29, 0.717) is 13.0 Å². The van der Waals surface area contributed by atoms with Gasteiger partial charge in [-0.25, -0.2) is 4.98 Å². The molecule has 0 saturated carbocycles. The number of carbonyl (C=O) groups is 2. The van der Waals surface area contributed by atoms with Crippen molar-refractivity contribution >= 4 is 11.8 Å². The van der Waals surface area contributed by atoms with Crippen LogP contribution in [0.1, 0.15) is 43.8 Å². The molecule has 7 nitrogen and oxygen atoms in total. The molecule has 2 fully saturated rings. The van der Waals surface area contributed by atoms with E-state index in [9.17, 15) is 9.59 Å². The molecule has 26 heavy (non-hydrogen) atoms. The average Bonchev–Trinajstić information content (AvgIpc) is 3.24. The summed E-state index contributed by atoms with van der Waals surface area (Å²) in [6, 6.07) is 0. The zero-order chi connectivity index (χ0) is 18.5. The number of hydrogen-bond acceptors (Lipinski definition) is 4. The molecule has 1 aromatic rings. The van der Waals surface area contributed by atoms with Crippen LogP contribution in [0, 0.1) is 0 Å². The Kier molecular flexibility index (Phi) is 6.29. The van der Waals surface area contributed by atoms with Gasteiger partial charge in [0, 0.05) is 50.9 Å². The summed E-state index contributed by atoms with van der Waals surface area (Å²) in [4.78, 5) is 34.8. The standard InChI is InChI=1S/C19H31N5O2/c1-21(2)9-5-12-22-13-8-20-19(22)16-6-3-10-23(14-16)18(26)15-24-11-4-7-17(24)25/h8,13,16H,3-7,9-12,14-15H2,1-2H3/t16-/m1/s1. The van der Waals surface area contributed by atoms with Crippen molar-refractivity contribution in [3.8, 4) is 0 Å². The number of nitrogens with zero attached hydrogens (tertiary/aromatic N) is 5. The first-order valence-electron chi connectivity index (χ1n) is 9.76. The van der Waals surface area contributed by atoms with E-state index in [0.717, 1.165) is 57.7 Å². The van der Waals surface area contributed by atoms with Crippen molar-refractivity contribution in [2.45, 2.75) is 44.6 Å². The largest absolute Gasteiger partial charge is 0.340 e. The fourth-order valence-electron chi connectivity index (χ4n) is 3.98. The van der Waals surface area contributed by atoms with Gasteiger partial charge in [-0.1, -0.05) is 0 Å². The van der Waals surface area contributed by atoms with Gasteiger partial charge < -0.3 is 19.3 Å². The Balaban J connectivity index is 1.57. The minimum absolute atomic E-state index is 0.0793. The van der Waals surface area contributed by atoms with Crippen molar-refractivity contribution in [1.29, 1.82) is 0 Å². The first-order valence-corrected chi connectivity index (χ1v) is 9.76. The van der Waals surface area contributed by atoms with E-state index in [1.54, 1.807) is 4.90 Å². The molecule has 144 valence electrons. The molecule has 0 radical (unpaired) electrons. The van der Waals surface area contributed by atoms with Gasteiger partial charge in [0.25, 0.3) is 0 Å². The Morgan fingerprint density at radius 3 is 2.88 bits per heavy atom. The first kappa shape index (κ1) is 18.9. The molecule has 2 amide bonds. The number of amides is 2. The van der Waals surface area contributed by atoms with Crippen LogP contribution in [0.15, 0.2) is 12.4 Å². The second kappa shape index (κ2) is 8.66. The molecule has 0 aromatic carbocycles. The molecule has 0 spiro atoms. The summed E-state index contributed by atoms with van der Waals surface area (Å²) in [5.74, 6) is 1.58. The van der Waals surface area contributed by atoms with Crippen molar-refractivity contribution in [3.63, 3.8) is 0 Å². The molecule has 0 unspecified atom stereocenters. The third-order valence-electron chi connectivity index (χ3n) is 5.39. The Morgan fingerprint density at radius 1 is 1.31 bits per heavy atom. The molecular formula is C19H31N5O2. The topological polar surface area (TPSA) is 61.7 Å². The highest BCUT2D eigenvalue weighted by atomic mass is 16.2. The van der Waals surface area contributed by atoms with E-state index in [-0.39, 0.29) is 24.3 Å². The molecule has 3 rings (SSSR count). The van der Waals surface area contributed by atoms with E-state index < -0.39 is 0 Å². The number of carbonyl (C=O) groups excluding carboxylic acids is 2. The average molecular weight is 361 g/mol. The third-order valence-corrected chi connectivity index (χ3v) is 5.39. The van der Waals surface area contributed by atoms with Crippen molar-refractivity contribution in [3.05, 3.63) is 18.2 Å². The second-order valence-electron chi connectivity index (χ2n) is 7.73. The molecule has 2 saturated heterocycles. The highest BCUT2D eigenvalue weighted by molar-refractivity contribution is 5.86. The summed E-state index contributed by atoms with van der Waals surface area (Å²) >= 11 is 0. The SMILES string of the molecule is CN(C)CCCn1ccnc1[C@@H]1CCCN(C(=O)CN2CCCC2=O)C1. The maximum absolute atomic E-state index is 12.6.